The van der Waals surface area contributed by atoms with E-state index in [1.165, 1.54) is 6.08 Å². The smallest absolute Gasteiger partial charge is 0.254 e. The topological polar surface area (TPSA) is 84.3 Å². The van der Waals surface area contributed by atoms with Crippen molar-refractivity contribution in [3.63, 3.8) is 0 Å². The number of amides is 2. The van der Waals surface area contributed by atoms with Crippen LogP contribution in [-0.4, -0.2) is 48.8 Å². The Balaban J connectivity index is 1.87. The molecule has 2 heterocycles. The number of aryl methyl sites for hydroxylation is 1. The van der Waals surface area contributed by atoms with Gasteiger partial charge in [-0.15, -0.1) is 0 Å². The molecule has 0 bridgehead atoms. The van der Waals surface area contributed by atoms with Crippen LogP contribution in [0.4, 0.5) is 5.69 Å². The lowest BCUT2D eigenvalue weighted by Crippen LogP contribution is -2.44. The largest absolute Gasteiger partial charge is 0.330 e. The molecule has 8 heteroatoms. The van der Waals surface area contributed by atoms with Crippen molar-refractivity contribution in [3.05, 3.63) is 60.4 Å². The molecule has 2 unspecified atom stereocenters. The van der Waals surface area contributed by atoms with Gasteiger partial charge in [0.05, 0.1) is 12.2 Å². The van der Waals surface area contributed by atoms with Crippen LogP contribution in [0.1, 0.15) is 22.0 Å². The number of anilines is 1. The summed E-state index contributed by atoms with van der Waals surface area (Å²) in [4.78, 5) is 26.3. The second-order valence-corrected chi connectivity index (χ2v) is 7.67. The molecular weight excluding hydrogens is 352 g/mol. The molecule has 1 aromatic carbocycles. The third-order valence-corrected chi connectivity index (χ3v) is 5.54. The van der Waals surface area contributed by atoms with Gasteiger partial charge >= 0.3 is 0 Å². The number of aromatic nitrogens is 2. The van der Waals surface area contributed by atoms with Gasteiger partial charge in [-0.3, -0.25) is 18.5 Å². The number of carbonyl (C=O) groups is 2. The molecule has 1 saturated heterocycles. The van der Waals surface area contributed by atoms with Crippen molar-refractivity contribution >= 4 is 28.3 Å². The summed E-state index contributed by atoms with van der Waals surface area (Å²) in [6.07, 6.45) is 4.72. The van der Waals surface area contributed by atoms with E-state index in [4.69, 9.17) is 0 Å². The summed E-state index contributed by atoms with van der Waals surface area (Å²) in [5, 5.41) is 6.82. The van der Waals surface area contributed by atoms with E-state index in [9.17, 15) is 13.8 Å². The lowest BCUT2D eigenvalue weighted by molar-refractivity contribution is -0.111. The molecule has 1 N–H and O–H groups in total. The molecule has 0 spiro atoms. The van der Waals surface area contributed by atoms with Crippen LogP contribution in [0.5, 0.6) is 0 Å². The maximum Gasteiger partial charge on any atom is 0.254 e. The highest BCUT2D eigenvalue weighted by atomic mass is 32.2. The van der Waals surface area contributed by atoms with Crippen LogP contribution >= 0.6 is 0 Å². The first kappa shape index (κ1) is 18.1. The number of hydrogen-bond donors (Lipinski definition) is 1. The van der Waals surface area contributed by atoms with Crippen LogP contribution in [0.15, 0.2) is 49.3 Å². The highest BCUT2D eigenvalue weighted by Crippen LogP contribution is 2.27. The van der Waals surface area contributed by atoms with Gasteiger partial charge in [0.15, 0.2) is 0 Å². The Kier molecular flexibility index (Phi) is 5.32. The van der Waals surface area contributed by atoms with E-state index in [0.717, 1.165) is 5.56 Å². The minimum Gasteiger partial charge on any atom is -0.330 e. The van der Waals surface area contributed by atoms with Crippen molar-refractivity contribution in [1.29, 1.82) is 0 Å². The molecule has 1 fully saturated rings. The first-order chi connectivity index (χ1) is 12.5. The molecule has 0 radical (unpaired) electrons. The van der Waals surface area contributed by atoms with Gasteiger partial charge in [0, 0.05) is 58.9 Å². The van der Waals surface area contributed by atoms with Gasteiger partial charge in [0.25, 0.3) is 5.91 Å². The van der Waals surface area contributed by atoms with Gasteiger partial charge in [0.2, 0.25) is 5.91 Å². The zero-order valence-corrected chi connectivity index (χ0v) is 15.2. The average Bonchev–Trinajstić information content (AvgIpc) is 3.07. The molecule has 7 nitrogen and oxygen atoms in total. The highest BCUT2D eigenvalue weighted by Gasteiger charge is 2.32. The minimum absolute atomic E-state index is 0.162. The Morgan fingerprint density at radius 3 is 2.92 bits per heavy atom. The monoisotopic (exact) mass is 372 g/mol. The lowest BCUT2D eigenvalue weighted by atomic mass is 10.1. The third kappa shape index (κ3) is 3.91. The number of hydrogen-bond acceptors (Lipinski definition) is 4. The summed E-state index contributed by atoms with van der Waals surface area (Å²) in [6, 6.07) is 6.49. The van der Waals surface area contributed by atoms with Crippen LogP contribution in [-0.2, 0) is 22.6 Å². The van der Waals surface area contributed by atoms with Crippen molar-refractivity contribution in [1.82, 2.24) is 14.7 Å². The van der Waals surface area contributed by atoms with Crippen LogP contribution in [0.2, 0.25) is 0 Å². The van der Waals surface area contributed by atoms with E-state index in [1.54, 1.807) is 47.1 Å². The van der Waals surface area contributed by atoms with Gasteiger partial charge in [0.1, 0.15) is 0 Å². The van der Waals surface area contributed by atoms with Crippen molar-refractivity contribution in [2.24, 2.45) is 7.05 Å². The Hall–Kier alpha value is -2.74. The zero-order valence-electron chi connectivity index (χ0n) is 14.4. The molecule has 3 rings (SSSR count). The van der Waals surface area contributed by atoms with E-state index in [0.29, 0.717) is 29.3 Å². The molecule has 2 amide bonds. The quantitative estimate of drug-likeness (QED) is 0.824. The maximum atomic E-state index is 13.1. The summed E-state index contributed by atoms with van der Waals surface area (Å²) >= 11 is 0. The predicted molar refractivity (Wildman–Crippen MR) is 100 cm³/mol. The number of carbonyl (C=O) groups excluding carboxylic acids is 2. The van der Waals surface area contributed by atoms with Crippen molar-refractivity contribution in [2.75, 3.05) is 23.4 Å². The maximum absolute atomic E-state index is 13.1. The minimum atomic E-state index is -0.968. The fourth-order valence-corrected chi connectivity index (χ4v) is 4.22. The third-order valence-electron chi connectivity index (χ3n) is 4.21. The SMILES string of the molecule is C=CC(=O)Nc1cccc(C(=O)N2CCS(=O)CC2c2cnn(C)c2)c1. The molecule has 1 aromatic heterocycles. The second-order valence-electron chi connectivity index (χ2n) is 6.05. The summed E-state index contributed by atoms with van der Waals surface area (Å²) < 4.78 is 13.7. The molecule has 1 aliphatic rings. The zero-order chi connectivity index (χ0) is 18.7. The van der Waals surface area contributed by atoms with Crippen molar-refractivity contribution < 1.29 is 13.8 Å². The van der Waals surface area contributed by atoms with Gasteiger partial charge < -0.3 is 10.2 Å². The number of rotatable bonds is 4. The first-order valence-electron chi connectivity index (χ1n) is 8.16. The van der Waals surface area contributed by atoms with Crippen molar-refractivity contribution in [2.45, 2.75) is 6.04 Å². The van der Waals surface area contributed by atoms with E-state index < -0.39 is 10.8 Å². The van der Waals surface area contributed by atoms with E-state index in [-0.39, 0.29) is 17.9 Å². The van der Waals surface area contributed by atoms with E-state index in [2.05, 4.69) is 17.0 Å². The number of benzene rings is 1. The van der Waals surface area contributed by atoms with Crippen LogP contribution in [0.25, 0.3) is 0 Å². The molecule has 0 saturated carbocycles. The molecule has 1 aliphatic heterocycles. The standard InChI is InChI=1S/C18H20N4O3S/c1-3-17(23)20-15-6-4-5-13(9-15)18(24)22-7-8-26(25)12-16(22)14-10-19-21(2)11-14/h3-6,9-11,16H,1,7-8,12H2,2H3,(H,20,23). The highest BCUT2D eigenvalue weighted by molar-refractivity contribution is 7.85. The number of nitrogens with one attached hydrogen (secondary N) is 1. The van der Waals surface area contributed by atoms with E-state index in [1.807, 2.05) is 6.20 Å². The Morgan fingerprint density at radius 2 is 2.23 bits per heavy atom. The molecular formula is C18H20N4O3S. The summed E-state index contributed by atoms with van der Waals surface area (Å²) in [5.41, 5.74) is 1.86. The van der Waals surface area contributed by atoms with Gasteiger partial charge in [-0.2, -0.15) is 5.10 Å². The summed E-state index contributed by atoms with van der Waals surface area (Å²) in [6.45, 7) is 3.83. The normalized spacial score (nSPS) is 19.8. The van der Waals surface area contributed by atoms with Crippen LogP contribution < -0.4 is 5.32 Å². The fourth-order valence-electron chi connectivity index (χ4n) is 2.93. The lowest BCUT2D eigenvalue weighted by Gasteiger charge is -2.35. The predicted octanol–water partition coefficient (Wildman–Crippen LogP) is 1.49. The Labute approximate surface area is 154 Å². The van der Waals surface area contributed by atoms with Gasteiger partial charge in [-0.05, 0) is 24.3 Å². The summed E-state index contributed by atoms with van der Waals surface area (Å²) in [7, 11) is 0.839. The summed E-state index contributed by atoms with van der Waals surface area (Å²) in [5.74, 6) is 0.348. The van der Waals surface area contributed by atoms with Crippen LogP contribution in [0.3, 0.4) is 0 Å². The molecule has 26 heavy (non-hydrogen) atoms. The van der Waals surface area contributed by atoms with Gasteiger partial charge in [-0.1, -0.05) is 12.6 Å². The van der Waals surface area contributed by atoms with Crippen molar-refractivity contribution in [3.8, 4) is 0 Å². The van der Waals surface area contributed by atoms with Crippen LogP contribution in [0, 0.1) is 0 Å². The molecule has 0 aliphatic carbocycles. The molecule has 2 aromatic rings. The number of nitrogens with zero attached hydrogens (tertiary/aromatic N) is 3. The average molecular weight is 372 g/mol. The molecule has 2 atom stereocenters. The Morgan fingerprint density at radius 1 is 1.42 bits per heavy atom. The molecule has 136 valence electrons. The fraction of sp³-hybridized carbons (Fsp3) is 0.278. The van der Waals surface area contributed by atoms with E-state index >= 15 is 0 Å². The second kappa shape index (κ2) is 7.65. The first-order valence-corrected chi connectivity index (χ1v) is 9.64. The Bertz CT molecular complexity index is 877. The van der Waals surface area contributed by atoms with Gasteiger partial charge in [-0.25, -0.2) is 0 Å².